The molecule has 1 aromatic rings. The number of carbonyl (C=O) groups is 2. The van der Waals surface area contributed by atoms with Crippen molar-refractivity contribution >= 4 is 45.9 Å². The van der Waals surface area contributed by atoms with E-state index >= 15 is 0 Å². The van der Waals surface area contributed by atoms with Crippen LogP contribution in [0, 0.1) is 0 Å². The van der Waals surface area contributed by atoms with Gasteiger partial charge in [0, 0.05) is 23.8 Å². The molecule has 3 rings (SSSR count). The lowest BCUT2D eigenvalue weighted by Gasteiger charge is -2.23. The van der Waals surface area contributed by atoms with Crippen LogP contribution in [-0.2, 0) is 15.0 Å². The fourth-order valence-electron chi connectivity index (χ4n) is 3.24. The number of carboxylic acid groups (broad SMARTS) is 1. The van der Waals surface area contributed by atoms with Gasteiger partial charge in [-0.15, -0.1) is 0 Å². The number of fused-ring (bicyclic) bond motifs is 1. The fourth-order valence-corrected chi connectivity index (χ4v) is 4.44. The van der Waals surface area contributed by atoms with E-state index in [0.717, 1.165) is 28.0 Å². The number of thioether (sulfide) groups is 1. The number of aliphatic carboxylic acids is 1. The normalized spacial score (nSPS) is 22.2. The molecule has 5 nitrogen and oxygen atoms in total. The van der Waals surface area contributed by atoms with Crippen molar-refractivity contribution in [1.29, 1.82) is 0 Å². The molecule has 1 aromatic carbocycles. The van der Waals surface area contributed by atoms with Gasteiger partial charge < -0.3 is 10.0 Å². The molecule has 7 heteroatoms. The third-order valence-corrected chi connectivity index (χ3v) is 5.90. The maximum atomic E-state index is 12.4. The number of nitrogens with zero attached hydrogens (tertiary/aromatic N) is 2. The molecule has 0 saturated carbocycles. The number of para-hydroxylation sites is 1. The second-order valence-corrected chi connectivity index (χ2v) is 8.11. The van der Waals surface area contributed by atoms with Crippen molar-refractivity contribution in [2.45, 2.75) is 19.3 Å². The lowest BCUT2D eigenvalue weighted by molar-refractivity contribution is -0.140. The van der Waals surface area contributed by atoms with Crippen molar-refractivity contribution in [3.8, 4) is 0 Å². The highest BCUT2D eigenvalue weighted by Crippen LogP contribution is 2.46. The predicted molar refractivity (Wildman–Crippen MR) is 104 cm³/mol. The molecule has 0 bridgehead atoms. The second kappa shape index (κ2) is 6.31. The molecule has 0 spiro atoms. The van der Waals surface area contributed by atoms with Crippen LogP contribution in [0.4, 0.5) is 5.69 Å². The molecule has 2 heterocycles. The fraction of sp³-hybridized carbons (Fsp3) is 0.278. The highest BCUT2D eigenvalue weighted by Gasteiger charge is 2.38. The van der Waals surface area contributed by atoms with E-state index in [1.165, 1.54) is 5.56 Å². The maximum Gasteiger partial charge on any atom is 0.323 e. The Balaban J connectivity index is 1.92. The topological polar surface area (TPSA) is 60.9 Å². The molecule has 2 aliphatic heterocycles. The van der Waals surface area contributed by atoms with Crippen LogP contribution in [0.1, 0.15) is 19.4 Å². The summed E-state index contributed by atoms with van der Waals surface area (Å²) >= 11 is 6.25. The van der Waals surface area contributed by atoms with E-state index in [2.05, 4.69) is 30.9 Å². The largest absolute Gasteiger partial charge is 0.480 e. The lowest BCUT2D eigenvalue weighted by atomic mass is 9.84. The molecule has 0 atom stereocenters. The van der Waals surface area contributed by atoms with Gasteiger partial charge >= 0.3 is 5.97 Å². The average Bonchev–Trinajstić information content (AvgIpc) is 2.92. The standard InChI is InChI=1S/C18H18N2O3S2/c1-18(2)11-6-4-5-7-12(11)19(3)14(18)9-8-13-16(23)20(10-15(21)22)17(24)25-13/h4-9H,10H2,1-3H3,(H,21,22)/b13-8+,14-9-. The molecular weight excluding hydrogens is 356 g/mol. The maximum absolute atomic E-state index is 12.4. The molecule has 2 aliphatic rings. The van der Waals surface area contributed by atoms with Gasteiger partial charge in [0.15, 0.2) is 0 Å². The molecule has 0 aliphatic carbocycles. The van der Waals surface area contributed by atoms with Gasteiger partial charge in [-0.3, -0.25) is 14.5 Å². The van der Waals surface area contributed by atoms with E-state index in [4.69, 9.17) is 17.3 Å². The van der Waals surface area contributed by atoms with Crippen LogP contribution in [0.15, 0.2) is 47.0 Å². The van der Waals surface area contributed by atoms with Crippen molar-refractivity contribution < 1.29 is 14.7 Å². The third-order valence-electron chi connectivity index (χ3n) is 4.50. The van der Waals surface area contributed by atoms with Crippen LogP contribution >= 0.6 is 24.0 Å². The number of carboxylic acids is 1. The molecule has 0 unspecified atom stereocenters. The number of carbonyl (C=O) groups excluding carboxylic acids is 1. The van der Waals surface area contributed by atoms with Gasteiger partial charge in [-0.25, -0.2) is 0 Å². The zero-order valence-electron chi connectivity index (χ0n) is 14.1. The van der Waals surface area contributed by atoms with Crippen molar-refractivity contribution in [1.82, 2.24) is 4.90 Å². The number of hydrogen-bond donors (Lipinski definition) is 1. The summed E-state index contributed by atoms with van der Waals surface area (Å²) in [5.41, 5.74) is 3.26. The molecule has 0 radical (unpaired) electrons. The Hall–Kier alpha value is -2.12. The first-order valence-corrected chi connectivity index (χ1v) is 8.97. The third kappa shape index (κ3) is 2.98. The molecule has 1 N–H and O–H groups in total. The zero-order valence-corrected chi connectivity index (χ0v) is 15.8. The number of rotatable bonds is 3. The van der Waals surface area contributed by atoms with Crippen LogP contribution < -0.4 is 4.90 Å². The van der Waals surface area contributed by atoms with Crippen LogP contribution in [-0.4, -0.2) is 39.8 Å². The summed E-state index contributed by atoms with van der Waals surface area (Å²) in [6, 6.07) is 8.21. The molecule has 130 valence electrons. The van der Waals surface area contributed by atoms with Gasteiger partial charge in [-0.1, -0.05) is 56.0 Å². The van der Waals surface area contributed by atoms with E-state index in [1.54, 1.807) is 6.08 Å². The Kier molecular flexibility index (Phi) is 4.47. The van der Waals surface area contributed by atoms with Gasteiger partial charge in [0.2, 0.25) is 0 Å². The minimum Gasteiger partial charge on any atom is -0.480 e. The number of benzene rings is 1. The second-order valence-electron chi connectivity index (χ2n) is 6.44. The van der Waals surface area contributed by atoms with Gasteiger partial charge in [0.25, 0.3) is 5.91 Å². The summed E-state index contributed by atoms with van der Waals surface area (Å²) in [6.45, 7) is 3.88. The number of allylic oxidation sites excluding steroid dienone is 3. The summed E-state index contributed by atoms with van der Waals surface area (Å²) in [7, 11) is 2.00. The molecule has 1 fully saturated rings. The predicted octanol–water partition coefficient (Wildman–Crippen LogP) is 3.13. The highest BCUT2D eigenvalue weighted by molar-refractivity contribution is 8.26. The molecule has 1 amide bonds. The summed E-state index contributed by atoms with van der Waals surface area (Å²) < 4.78 is 0.277. The summed E-state index contributed by atoms with van der Waals surface area (Å²) in [5.74, 6) is -1.44. The first-order valence-electron chi connectivity index (χ1n) is 7.74. The van der Waals surface area contributed by atoms with Crippen LogP contribution in [0.25, 0.3) is 0 Å². The number of amides is 1. The molecular formula is C18H18N2O3S2. The Morgan fingerprint density at radius 1 is 1.32 bits per heavy atom. The van der Waals surface area contributed by atoms with Gasteiger partial charge in [0.1, 0.15) is 10.9 Å². The van der Waals surface area contributed by atoms with Gasteiger partial charge in [-0.2, -0.15) is 0 Å². The van der Waals surface area contributed by atoms with Crippen molar-refractivity contribution in [3.05, 3.63) is 52.6 Å². The Morgan fingerprint density at radius 3 is 2.64 bits per heavy atom. The van der Waals surface area contributed by atoms with Gasteiger partial charge in [-0.05, 0) is 23.8 Å². The van der Waals surface area contributed by atoms with Crippen molar-refractivity contribution in [2.75, 3.05) is 18.5 Å². The van der Waals surface area contributed by atoms with E-state index in [0.29, 0.717) is 4.91 Å². The first-order chi connectivity index (χ1) is 11.7. The van der Waals surface area contributed by atoms with Crippen LogP contribution in [0.3, 0.4) is 0 Å². The van der Waals surface area contributed by atoms with E-state index in [1.807, 2.05) is 25.3 Å². The molecule has 0 aromatic heterocycles. The molecule has 25 heavy (non-hydrogen) atoms. The van der Waals surface area contributed by atoms with Crippen molar-refractivity contribution in [2.24, 2.45) is 0 Å². The average molecular weight is 374 g/mol. The smallest absolute Gasteiger partial charge is 0.323 e. The quantitative estimate of drug-likeness (QED) is 0.648. The van der Waals surface area contributed by atoms with E-state index < -0.39 is 12.5 Å². The van der Waals surface area contributed by atoms with E-state index in [-0.39, 0.29) is 15.6 Å². The number of likely N-dealkylation sites (N-methyl/N-ethyl adjacent to an activating group) is 1. The Labute approximate surface area is 156 Å². The van der Waals surface area contributed by atoms with Crippen LogP contribution in [0.2, 0.25) is 0 Å². The Bertz CT molecular complexity index is 842. The zero-order chi connectivity index (χ0) is 18.4. The van der Waals surface area contributed by atoms with E-state index in [9.17, 15) is 9.59 Å². The number of hydrogen-bond acceptors (Lipinski definition) is 5. The SMILES string of the molecule is CN1/C(=C\C=C2\SC(=S)N(CC(=O)O)C2=O)C(C)(C)c2ccccc21. The number of thiocarbonyl (C=S) groups is 1. The number of anilines is 1. The first kappa shape index (κ1) is 17.7. The summed E-state index contributed by atoms with van der Waals surface area (Å²) in [5, 5.41) is 8.90. The minimum absolute atomic E-state index is 0.185. The summed E-state index contributed by atoms with van der Waals surface area (Å²) in [4.78, 5) is 26.9. The van der Waals surface area contributed by atoms with Crippen molar-refractivity contribution in [3.63, 3.8) is 0 Å². The summed E-state index contributed by atoms with van der Waals surface area (Å²) in [6.07, 6.45) is 3.66. The van der Waals surface area contributed by atoms with Crippen LogP contribution in [0.5, 0.6) is 0 Å². The van der Waals surface area contributed by atoms with Gasteiger partial charge in [0.05, 0.1) is 4.91 Å². The molecule has 1 saturated heterocycles. The monoisotopic (exact) mass is 374 g/mol. The Morgan fingerprint density at radius 2 is 2.00 bits per heavy atom. The highest BCUT2D eigenvalue weighted by atomic mass is 32.2. The minimum atomic E-state index is -1.08. The lowest BCUT2D eigenvalue weighted by Crippen LogP contribution is -2.33.